The summed E-state index contributed by atoms with van der Waals surface area (Å²) in [6, 6.07) is 6.26. The molecule has 0 unspecified atom stereocenters. The molecule has 0 fully saturated rings. The quantitative estimate of drug-likeness (QED) is 0.718. The van der Waals surface area contributed by atoms with E-state index in [4.69, 9.17) is 0 Å². The zero-order valence-corrected chi connectivity index (χ0v) is 16.0. The highest BCUT2D eigenvalue weighted by Crippen LogP contribution is 2.33. The minimum Gasteiger partial charge on any atom is -0.478 e. The number of amides is 2. The van der Waals surface area contributed by atoms with Crippen LogP contribution >= 0.6 is 11.3 Å². The van der Waals surface area contributed by atoms with E-state index in [9.17, 15) is 19.5 Å². The van der Waals surface area contributed by atoms with Crippen molar-refractivity contribution in [2.24, 2.45) is 0 Å². The third-order valence-electron chi connectivity index (χ3n) is 3.83. The Hall–Kier alpha value is -2.67. The van der Waals surface area contributed by atoms with Crippen molar-refractivity contribution in [1.82, 2.24) is 5.32 Å². The topological polar surface area (TPSA) is 95.5 Å². The minimum atomic E-state index is -1.05. The Kier molecular flexibility index (Phi) is 6.15. The summed E-state index contributed by atoms with van der Waals surface area (Å²) in [5.74, 6) is -1.67. The maximum absolute atomic E-state index is 12.5. The van der Waals surface area contributed by atoms with Crippen molar-refractivity contribution in [2.75, 3.05) is 5.32 Å². The van der Waals surface area contributed by atoms with Crippen LogP contribution < -0.4 is 10.6 Å². The van der Waals surface area contributed by atoms with Crippen LogP contribution in [0.2, 0.25) is 0 Å². The van der Waals surface area contributed by atoms with Gasteiger partial charge in [0.15, 0.2) is 0 Å². The van der Waals surface area contributed by atoms with Crippen molar-refractivity contribution >= 4 is 34.1 Å². The van der Waals surface area contributed by atoms with E-state index >= 15 is 0 Å². The van der Waals surface area contributed by atoms with Gasteiger partial charge >= 0.3 is 5.97 Å². The SMILES string of the molecule is CCc1c(C)sc(NC(=O)c2ccc(C(=O)NC(C)C)cc2)c1C(=O)O. The van der Waals surface area contributed by atoms with Gasteiger partial charge in [-0.3, -0.25) is 9.59 Å². The largest absolute Gasteiger partial charge is 0.478 e. The number of thiophene rings is 1. The number of hydrogen-bond donors (Lipinski definition) is 3. The molecule has 3 N–H and O–H groups in total. The molecule has 1 heterocycles. The Morgan fingerprint density at radius 3 is 2.08 bits per heavy atom. The first-order valence-electron chi connectivity index (χ1n) is 8.32. The molecule has 2 rings (SSSR count). The molecule has 0 saturated heterocycles. The highest BCUT2D eigenvalue weighted by atomic mass is 32.1. The molecule has 26 heavy (non-hydrogen) atoms. The molecule has 2 aromatic rings. The van der Waals surface area contributed by atoms with E-state index < -0.39 is 11.9 Å². The third kappa shape index (κ3) is 4.29. The fourth-order valence-electron chi connectivity index (χ4n) is 2.61. The van der Waals surface area contributed by atoms with Gasteiger partial charge < -0.3 is 15.7 Å². The molecule has 0 saturated carbocycles. The zero-order chi connectivity index (χ0) is 19.4. The lowest BCUT2D eigenvalue weighted by Gasteiger charge is -2.09. The van der Waals surface area contributed by atoms with Crippen LogP contribution in [0.1, 0.15) is 62.3 Å². The first-order valence-corrected chi connectivity index (χ1v) is 9.14. The second kappa shape index (κ2) is 8.14. The number of nitrogens with one attached hydrogen (secondary N) is 2. The Balaban J connectivity index is 2.21. The summed E-state index contributed by atoms with van der Waals surface area (Å²) in [4.78, 5) is 36.8. The van der Waals surface area contributed by atoms with Crippen LogP contribution in [0, 0.1) is 6.92 Å². The van der Waals surface area contributed by atoms with Crippen LogP contribution in [-0.4, -0.2) is 28.9 Å². The van der Waals surface area contributed by atoms with E-state index in [0.717, 1.165) is 10.4 Å². The Morgan fingerprint density at radius 2 is 1.62 bits per heavy atom. The fourth-order valence-corrected chi connectivity index (χ4v) is 3.74. The lowest BCUT2D eigenvalue weighted by molar-refractivity contribution is 0.0697. The van der Waals surface area contributed by atoms with E-state index in [1.165, 1.54) is 11.3 Å². The van der Waals surface area contributed by atoms with Gasteiger partial charge in [-0.05, 0) is 57.0 Å². The van der Waals surface area contributed by atoms with Gasteiger partial charge in [0.1, 0.15) is 5.00 Å². The van der Waals surface area contributed by atoms with Crippen LogP contribution in [0.15, 0.2) is 24.3 Å². The number of aryl methyl sites for hydroxylation is 1. The monoisotopic (exact) mass is 374 g/mol. The number of hydrogen-bond acceptors (Lipinski definition) is 4. The second-order valence-electron chi connectivity index (χ2n) is 6.16. The second-order valence-corrected chi connectivity index (χ2v) is 7.38. The number of anilines is 1. The van der Waals surface area contributed by atoms with E-state index in [0.29, 0.717) is 22.5 Å². The summed E-state index contributed by atoms with van der Waals surface area (Å²) in [5, 5.41) is 15.2. The molecule has 138 valence electrons. The first-order chi connectivity index (χ1) is 12.2. The van der Waals surface area contributed by atoms with E-state index in [-0.39, 0.29) is 17.5 Å². The summed E-state index contributed by atoms with van der Waals surface area (Å²) < 4.78 is 0. The molecule has 0 radical (unpaired) electrons. The number of carboxylic acid groups (broad SMARTS) is 1. The highest BCUT2D eigenvalue weighted by Gasteiger charge is 2.22. The molecule has 0 spiro atoms. The van der Waals surface area contributed by atoms with Crippen LogP contribution in [0.4, 0.5) is 5.00 Å². The van der Waals surface area contributed by atoms with Crippen molar-refractivity contribution in [3.05, 3.63) is 51.4 Å². The molecule has 1 aromatic carbocycles. The Labute approximate surface area is 156 Å². The van der Waals surface area contributed by atoms with Gasteiger partial charge in [-0.1, -0.05) is 6.92 Å². The summed E-state index contributed by atoms with van der Waals surface area (Å²) in [5.41, 5.74) is 1.70. The normalized spacial score (nSPS) is 10.7. The molecular formula is C19H22N2O4S. The van der Waals surface area contributed by atoms with E-state index in [1.54, 1.807) is 24.3 Å². The predicted molar refractivity (Wildman–Crippen MR) is 102 cm³/mol. The molecule has 2 amide bonds. The van der Waals surface area contributed by atoms with Gasteiger partial charge in [0.05, 0.1) is 5.56 Å². The average Bonchev–Trinajstić information content (AvgIpc) is 2.89. The smallest absolute Gasteiger partial charge is 0.339 e. The van der Waals surface area contributed by atoms with Crippen molar-refractivity contribution < 1.29 is 19.5 Å². The third-order valence-corrected chi connectivity index (χ3v) is 4.90. The van der Waals surface area contributed by atoms with Crippen molar-refractivity contribution in [3.63, 3.8) is 0 Å². The standard InChI is InChI=1S/C19H22N2O4S/c1-5-14-11(4)26-18(15(14)19(24)25)21-17(23)13-8-6-12(7-9-13)16(22)20-10(2)3/h6-10H,5H2,1-4H3,(H,20,22)(H,21,23)(H,24,25). The van der Waals surface area contributed by atoms with Crippen LogP contribution in [0.25, 0.3) is 0 Å². The molecule has 7 heteroatoms. The summed E-state index contributed by atoms with van der Waals surface area (Å²) >= 11 is 1.25. The predicted octanol–water partition coefficient (Wildman–Crippen LogP) is 3.71. The Bertz CT molecular complexity index is 838. The molecule has 0 bridgehead atoms. The number of aromatic carboxylic acids is 1. The van der Waals surface area contributed by atoms with Gasteiger partial charge in [0.2, 0.25) is 0 Å². The number of carbonyl (C=O) groups is 3. The molecule has 1 aromatic heterocycles. The molecular weight excluding hydrogens is 352 g/mol. The van der Waals surface area contributed by atoms with Crippen LogP contribution in [-0.2, 0) is 6.42 Å². The van der Waals surface area contributed by atoms with Crippen LogP contribution in [0.3, 0.4) is 0 Å². The maximum atomic E-state index is 12.5. The van der Waals surface area contributed by atoms with Gasteiger partial charge in [0.25, 0.3) is 11.8 Å². The van der Waals surface area contributed by atoms with Gasteiger partial charge in [0, 0.05) is 22.0 Å². The molecule has 0 aliphatic carbocycles. The lowest BCUT2D eigenvalue weighted by Crippen LogP contribution is -2.30. The van der Waals surface area contributed by atoms with Gasteiger partial charge in [-0.25, -0.2) is 4.79 Å². The summed E-state index contributed by atoms with van der Waals surface area (Å²) in [6.45, 7) is 7.46. The van der Waals surface area contributed by atoms with Crippen molar-refractivity contribution in [1.29, 1.82) is 0 Å². The van der Waals surface area contributed by atoms with Crippen molar-refractivity contribution in [2.45, 2.75) is 40.2 Å². The van der Waals surface area contributed by atoms with Crippen LogP contribution in [0.5, 0.6) is 0 Å². The lowest BCUT2D eigenvalue weighted by atomic mass is 10.1. The number of benzene rings is 1. The van der Waals surface area contributed by atoms with Gasteiger partial charge in [-0.2, -0.15) is 0 Å². The zero-order valence-electron chi connectivity index (χ0n) is 15.2. The summed E-state index contributed by atoms with van der Waals surface area (Å²) in [6.07, 6.45) is 0.583. The highest BCUT2D eigenvalue weighted by molar-refractivity contribution is 7.16. The average molecular weight is 374 g/mol. The number of rotatable bonds is 6. The number of carboxylic acids is 1. The van der Waals surface area contributed by atoms with Crippen molar-refractivity contribution in [3.8, 4) is 0 Å². The van der Waals surface area contributed by atoms with E-state index in [2.05, 4.69) is 10.6 Å². The van der Waals surface area contributed by atoms with E-state index in [1.807, 2.05) is 27.7 Å². The fraction of sp³-hybridized carbons (Fsp3) is 0.316. The first kappa shape index (κ1) is 19.7. The molecule has 6 nitrogen and oxygen atoms in total. The maximum Gasteiger partial charge on any atom is 0.339 e. The number of carbonyl (C=O) groups excluding carboxylic acids is 2. The Morgan fingerprint density at radius 1 is 1.08 bits per heavy atom. The molecule has 0 aliphatic heterocycles. The molecule has 0 atom stereocenters. The molecule has 0 aliphatic rings. The minimum absolute atomic E-state index is 0.0229. The summed E-state index contributed by atoms with van der Waals surface area (Å²) in [7, 11) is 0. The van der Waals surface area contributed by atoms with Gasteiger partial charge in [-0.15, -0.1) is 11.3 Å².